The van der Waals surface area contributed by atoms with Gasteiger partial charge in [0, 0.05) is 11.3 Å². The van der Waals surface area contributed by atoms with Gasteiger partial charge in [-0.1, -0.05) is 44.2 Å². The second kappa shape index (κ2) is 14.4. The number of fused-ring (bicyclic) bond motifs is 1. The van der Waals surface area contributed by atoms with Crippen LogP contribution in [0.4, 0.5) is 5.69 Å². The molecule has 1 amide bonds. The van der Waals surface area contributed by atoms with Crippen LogP contribution >= 0.6 is 31.9 Å². The number of carbonyl (C=O) groups excluding carboxylic acids is 1. The SMILES string of the molecule is CCOc1cc(C)c(-c2nc3ccccc3c(=O)n2N=Cc2cc(Br)c(OCC(=O)Nc3ccccc3C)c(Br)c2)cc1C(C)C. The Morgan fingerprint density at radius 2 is 1.67 bits per heavy atom. The third kappa shape index (κ3) is 7.24. The van der Waals surface area contributed by atoms with Gasteiger partial charge in [-0.15, -0.1) is 0 Å². The van der Waals surface area contributed by atoms with Gasteiger partial charge in [-0.25, -0.2) is 4.98 Å². The molecule has 5 aromatic rings. The van der Waals surface area contributed by atoms with Crippen molar-refractivity contribution in [3.05, 3.63) is 114 Å². The van der Waals surface area contributed by atoms with Crippen LogP contribution in [0.3, 0.4) is 0 Å². The van der Waals surface area contributed by atoms with E-state index >= 15 is 0 Å². The number of rotatable bonds is 10. The van der Waals surface area contributed by atoms with Gasteiger partial charge in [0.15, 0.2) is 12.4 Å². The highest BCUT2D eigenvalue weighted by atomic mass is 79.9. The molecule has 8 nitrogen and oxygen atoms in total. The number of carbonyl (C=O) groups is 1. The molecule has 1 heterocycles. The summed E-state index contributed by atoms with van der Waals surface area (Å²) in [5, 5.41) is 7.99. The van der Waals surface area contributed by atoms with E-state index < -0.39 is 0 Å². The van der Waals surface area contributed by atoms with Crippen molar-refractivity contribution in [1.29, 1.82) is 0 Å². The zero-order chi connectivity index (χ0) is 33.0. The van der Waals surface area contributed by atoms with E-state index in [1.807, 2.05) is 75.4 Å². The first-order chi connectivity index (χ1) is 22.1. The highest BCUT2D eigenvalue weighted by Gasteiger charge is 2.19. The van der Waals surface area contributed by atoms with Gasteiger partial charge < -0.3 is 14.8 Å². The molecule has 0 saturated carbocycles. The maximum absolute atomic E-state index is 13.8. The molecule has 0 aliphatic heterocycles. The fourth-order valence-corrected chi connectivity index (χ4v) is 6.48. The van der Waals surface area contributed by atoms with E-state index in [-0.39, 0.29) is 24.0 Å². The summed E-state index contributed by atoms with van der Waals surface area (Å²) < 4.78 is 14.3. The molecule has 0 spiro atoms. The molecule has 236 valence electrons. The molecule has 0 saturated heterocycles. The molecule has 1 N–H and O–H groups in total. The molecule has 0 radical (unpaired) electrons. The number of hydrogen-bond acceptors (Lipinski definition) is 6. The number of aromatic nitrogens is 2. The second-order valence-electron chi connectivity index (χ2n) is 11.1. The summed E-state index contributed by atoms with van der Waals surface area (Å²) in [7, 11) is 0. The number of benzene rings is 4. The van der Waals surface area contributed by atoms with Crippen molar-refractivity contribution in [2.45, 2.75) is 40.5 Å². The van der Waals surface area contributed by atoms with Crippen LogP contribution in [0.1, 0.15) is 48.9 Å². The molecule has 0 unspecified atom stereocenters. The molecule has 46 heavy (non-hydrogen) atoms. The number of hydrogen-bond donors (Lipinski definition) is 1. The van der Waals surface area contributed by atoms with Gasteiger partial charge in [-0.05, 0) is 123 Å². The number of ether oxygens (including phenoxy) is 2. The highest BCUT2D eigenvalue weighted by molar-refractivity contribution is 9.11. The Morgan fingerprint density at radius 1 is 0.978 bits per heavy atom. The number of halogens is 2. The van der Waals surface area contributed by atoms with Crippen molar-refractivity contribution in [2.24, 2.45) is 5.10 Å². The molecule has 10 heteroatoms. The van der Waals surface area contributed by atoms with E-state index in [4.69, 9.17) is 14.5 Å². The Morgan fingerprint density at radius 3 is 2.37 bits per heavy atom. The summed E-state index contributed by atoms with van der Waals surface area (Å²) in [4.78, 5) is 31.3. The summed E-state index contributed by atoms with van der Waals surface area (Å²) in [6, 6.07) is 22.5. The third-order valence-electron chi connectivity index (χ3n) is 7.38. The van der Waals surface area contributed by atoms with Crippen molar-refractivity contribution in [3.8, 4) is 22.9 Å². The lowest BCUT2D eigenvalue weighted by Gasteiger charge is -2.18. The number of nitrogens with zero attached hydrogens (tertiary/aromatic N) is 3. The zero-order valence-electron chi connectivity index (χ0n) is 26.2. The van der Waals surface area contributed by atoms with Crippen molar-refractivity contribution in [1.82, 2.24) is 9.66 Å². The summed E-state index contributed by atoms with van der Waals surface area (Å²) in [5.74, 6) is 1.63. The summed E-state index contributed by atoms with van der Waals surface area (Å²) >= 11 is 7.12. The minimum atomic E-state index is -0.283. The van der Waals surface area contributed by atoms with Gasteiger partial charge >= 0.3 is 0 Å². The topological polar surface area (TPSA) is 94.8 Å². The number of anilines is 1. The van der Waals surface area contributed by atoms with E-state index in [0.29, 0.717) is 43.6 Å². The van der Waals surface area contributed by atoms with E-state index in [0.717, 1.165) is 33.7 Å². The lowest BCUT2D eigenvalue weighted by atomic mass is 9.96. The van der Waals surface area contributed by atoms with Crippen LogP contribution in [-0.4, -0.2) is 35.0 Å². The van der Waals surface area contributed by atoms with Crippen molar-refractivity contribution >= 4 is 60.6 Å². The van der Waals surface area contributed by atoms with Crippen LogP contribution in [0.25, 0.3) is 22.3 Å². The molecule has 0 fully saturated rings. The normalized spacial score (nSPS) is 11.4. The molecule has 1 aromatic heterocycles. The Labute approximate surface area is 284 Å². The number of amides is 1. The van der Waals surface area contributed by atoms with Gasteiger partial charge in [-0.2, -0.15) is 9.78 Å². The van der Waals surface area contributed by atoms with Gasteiger partial charge in [0.1, 0.15) is 11.5 Å². The molecule has 0 aliphatic rings. The molecular weight excluding hydrogens is 712 g/mol. The number of aryl methyl sites for hydroxylation is 2. The quantitative estimate of drug-likeness (QED) is 0.145. The zero-order valence-corrected chi connectivity index (χ0v) is 29.4. The van der Waals surface area contributed by atoms with Crippen molar-refractivity contribution < 1.29 is 14.3 Å². The van der Waals surface area contributed by atoms with Crippen LogP contribution in [0.15, 0.2) is 91.6 Å². The van der Waals surface area contributed by atoms with E-state index in [1.165, 1.54) is 4.68 Å². The van der Waals surface area contributed by atoms with Crippen molar-refractivity contribution in [2.75, 3.05) is 18.5 Å². The minimum absolute atomic E-state index is 0.180. The maximum Gasteiger partial charge on any atom is 0.282 e. The molecular formula is C36H34Br2N4O4. The largest absolute Gasteiger partial charge is 0.494 e. The first-order valence-electron chi connectivity index (χ1n) is 14.9. The molecule has 0 bridgehead atoms. The standard InChI is InChI=1S/C36H34Br2N4O4/c1-6-45-32-15-23(5)27(18-26(32)21(2)3)35-41-31-14-10-8-12-25(31)36(44)42(35)39-19-24-16-28(37)34(29(38)17-24)46-20-33(43)40-30-13-9-7-11-22(30)4/h7-19,21H,6,20H2,1-5H3,(H,40,43). The Bertz CT molecular complexity index is 2000. The predicted octanol–water partition coefficient (Wildman–Crippen LogP) is 8.63. The molecule has 0 aliphatic carbocycles. The van der Waals surface area contributed by atoms with Gasteiger partial charge in [-0.3, -0.25) is 9.59 Å². The van der Waals surface area contributed by atoms with Crippen LogP contribution < -0.4 is 20.3 Å². The molecule has 4 aromatic carbocycles. The fourth-order valence-electron chi connectivity index (χ4n) is 5.03. The average molecular weight is 746 g/mol. The van der Waals surface area contributed by atoms with Gasteiger partial charge in [0.05, 0.1) is 32.7 Å². The van der Waals surface area contributed by atoms with Crippen LogP contribution in [-0.2, 0) is 4.79 Å². The lowest BCUT2D eigenvalue weighted by Crippen LogP contribution is -2.21. The Kier molecular flexibility index (Phi) is 10.4. The summed E-state index contributed by atoms with van der Waals surface area (Å²) in [5.41, 5.74) is 5.42. The average Bonchev–Trinajstić information content (AvgIpc) is 3.01. The summed E-state index contributed by atoms with van der Waals surface area (Å²) in [6.07, 6.45) is 1.60. The number of para-hydroxylation sites is 2. The van der Waals surface area contributed by atoms with E-state index in [1.54, 1.807) is 24.4 Å². The second-order valence-corrected chi connectivity index (χ2v) is 12.8. The van der Waals surface area contributed by atoms with Crippen LogP contribution in [0, 0.1) is 13.8 Å². The predicted molar refractivity (Wildman–Crippen MR) is 192 cm³/mol. The van der Waals surface area contributed by atoms with Gasteiger partial charge in [0.25, 0.3) is 11.5 Å². The molecule has 0 atom stereocenters. The maximum atomic E-state index is 13.8. The van der Waals surface area contributed by atoms with E-state index in [2.05, 4.69) is 56.1 Å². The lowest BCUT2D eigenvalue weighted by molar-refractivity contribution is -0.118. The number of nitrogens with one attached hydrogen (secondary N) is 1. The first-order valence-corrected chi connectivity index (χ1v) is 16.5. The third-order valence-corrected chi connectivity index (χ3v) is 8.56. The smallest absolute Gasteiger partial charge is 0.282 e. The van der Waals surface area contributed by atoms with Gasteiger partial charge in [0.2, 0.25) is 0 Å². The Hall–Kier alpha value is -4.28. The van der Waals surface area contributed by atoms with Crippen molar-refractivity contribution in [3.63, 3.8) is 0 Å². The fraction of sp³-hybridized carbons (Fsp3) is 0.222. The van der Waals surface area contributed by atoms with Crippen LogP contribution in [0.2, 0.25) is 0 Å². The van der Waals surface area contributed by atoms with Crippen LogP contribution in [0.5, 0.6) is 11.5 Å². The minimum Gasteiger partial charge on any atom is -0.494 e. The monoisotopic (exact) mass is 744 g/mol. The first kappa shape index (κ1) is 33.1. The molecule has 5 rings (SSSR count). The Balaban J connectivity index is 1.49. The summed E-state index contributed by atoms with van der Waals surface area (Å²) in [6.45, 7) is 10.5. The highest BCUT2D eigenvalue weighted by Crippen LogP contribution is 2.36. The van der Waals surface area contributed by atoms with E-state index in [9.17, 15) is 9.59 Å².